The van der Waals surface area contributed by atoms with Crippen molar-refractivity contribution < 1.29 is 9.13 Å². The molecule has 1 N–H and O–H groups in total. The van der Waals surface area contributed by atoms with E-state index in [1.54, 1.807) is 23.2 Å². The third kappa shape index (κ3) is 4.15. The zero-order chi connectivity index (χ0) is 21.9. The van der Waals surface area contributed by atoms with E-state index in [1.807, 2.05) is 37.3 Å². The van der Waals surface area contributed by atoms with Crippen molar-refractivity contribution in [3.05, 3.63) is 71.8 Å². The summed E-state index contributed by atoms with van der Waals surface area (Å²) >= 11 is 0. The minimum Gasteiger partial charge on any atom is -0.378 e. The van der Waals surface area contributed by atoms with E-state index in [-0.39, 0.29) is 5.82 Å². The molecule has 162 valence electrons. The van der Waals surface area contributed by atoms with Crippen LogP contribution in [0.25, 0.3) is 16.9 Å². The fourth-order valence-corrected chi connectivity index (χ4v) is 3.60. The summed E-state index contributed by atoms with van der Waals surface area (Å²) in [4.78, 5) is 16.0. The van der Waals surface area contributed by atoms with E-state index in [2.05, 4.69) is 25.4 Å². The first-order valence-electron chi connectivity index (χ1n) is 10.4. The van der Waals surface area contributed by atoms with E-state index < -0.39 is 0 Å². The van der Waals surface area contributed by atoms with Gasteiger partial charge in [-0.15, -0.1) is 0 Å². The topological polar surface area (TPSA) is 80.5 Å². The summed E-state index contributed by atoms with van der Waals surface area (Å²) in [6.45, 7) is 4.63. The maximum atomic E-state index is 13.8. The minimum absolute atomic E-state index is 0.326. The smallest absolute Gasteiger partial charge is 0.229 e. The number of rotatable bonds is 5. The summed E-state index contributed by atoms with van der Waals surface area (Å²) in [6, 6.07) is 14.4. The second-order valence-electron chi connectivity index (χ2n) is 7.52. The molecular weight excluding hydrogens is 409 g/mol. The number of aromatic nitrogens is 4. The van der Waals surface area contributed by atoms with Gasteiger partial charge in [-0.2, -0.15) is 15.1 Å². The van der Waals surface area contributed by atoms with Crippen LogP contribution in [0.1, 0.15) is 11.1 Å². The second kappa shape index (κ2) is 8.72. The highest BCUT2D eigenvalue weighted by Gasteiger charge is 2.19. The Bertz CT molecular complexity index is 1280. The lowest BCUT2D eigenvalue weighted by Gasteiger charge is -2.27. The highest BCUT2D eigenvalue weighted by atomic mass is 19.1. The molecule has 2 aromatic heterocycles. The fraction of sp³-hybridized carbons (Fsp3) is 0.217. The van der Waals surface area contributed by atoms with Crippen LogP contribution in [-0.2, 0) is 4.74 Å². The largest absolute Gasteiger partial charge is 0.378 e. The number of hydrogen-bond donors (Lipinski definition) is 1. The Morgan fingerprint density at radius 3 is 2.75 bits per heavy atom. The van der Waals surface area contributed by atoms with Crippen LogP contribution >= 0.6 is 0 Å². The number of morpholine rings is 1. The molecule has 9 heteroatoms. The lowest BCUT2D eigenvalue weighted by Crippen LogP contribution is -2.37. The molecule has 32 heavy (non-hydrogen) atoms. The normalized spacial score (nSPS) is 14.4. The number of benzene rings is 2. The van der Waals surface area contributed by atoms with Gasteiger partial charge in [0.2, 0.25) is 5.95 Å². The van der Waals surface area contributed by atoms with Crippen molar-refractivity contribution in [2.75, 3.05) is 36.6 Å². The SMILES string of the molecule is Cc1cccc(C=NNc2nc(N3CCOCC3)nc3c2ncn3-c2cccc(F)c2)c1. The number of imidazole rings is 1. The molecule has 1 aliphatic rings. The van der Waals surface area contributed by atoms with Gasteiger partial charge in [-0.3, -0.25) is 9.99 Å². The molecule has 0 amide bonds. The number of anilines is 2. The van der Waals surface area contributed by atoms with E-state index in [0.717, 1.165) is 11.1 Å². The van der Waals surface area contributed by atoms with Gasteiger partial charge in [0, 0.05) is 13.1 Å². The number of nitrogens with one attached hydrogen (secondary N) is 1. The maximum absolute atomic E-state index is 13.8. The van der Waals surface area contributed by atoms with E-state index in [9.17, 15) is 4.39 Å². The Hall–Kier alpha value is -3.85. The van der Waals surface area contributed by atoms with E-state index in [4.69, 9.17) is 9.72 Å². The van der Waals surface area contributed by atoms with Gasteiger partial charge < -0.3 is 9.64 Å². The molecule has 0 bridgehead atoms. The highest BCUT2D eigenvalue weighted by Crippen LogP contribution is 2.25. The summed E-state index contributed by atoms with van der Waals surface area (Å²) in [7, 11) is 0. The van der Waals surface area contributed by atoms with Crippen LogP contribution in [0.15, 0.2) is 60.0 Å². The molecule has 1 aliphatic heterocycles. The zero-order valence-electron chi connectivity index (χ0n) is 17.6. The molecule has 1 saturated heterocycles. The predicted octanol–water partition coefficient (Wildman–Crippen LogP) is 3.55. The lowest BCUT2D eigenvalue weighted by atomic mass is 10.2. The van der Waals surface area contributed by atoms with Gasteiger partial charge in [0.1, 0.15) is 12.1 Å². The molecule has 5 rings (SSSR count). The van der Waals surface area contributed by atoms with Crippen LogP contribution in [0, 0.1) is 12.7 Å². The average Bonchev–Trinajstić information content (AvgIpc) is 3.24. The van der Waals surface area contributed by atoms with Crippen molar-refractivity contribution in [3.8, 4) is 5.69 Å². The number of nitrogens with zero attached hydrogens (tertiary/aromatic N) is 6. The summed E-state index contributed by atoms with van der Waals surface area (Å²) in [5.74, 6) is 0.704. The number of fused-ring (bicyclic) bond motifs is 1. The van der Waals surface area contributed by atoms with Gasteiger partial charge in [0.25, 0.3) is 0 Å². The lowest BCUT2D eigenvalue weighted by molar-refractivity contribution is 0.122. The van der Waals surface area contributed by atoms with Crippen LogP contribution in [-0.4, -0.2) is 52.0 Å². The molecule has 0 radical (unpaired) electrons. The number of aryl methyl sites for hydroxylation is 1. The third-order valence-electron chi connectivity index (χ3n) is 5.19. The molecule has 3 heterocycles. The van der Waals surface area contributed by atoms with Crippen molar-refractivity contribution in [3.63, 3.8) is 0 Å². The zero-order valence-corrected chi connectivity index (χ0v) is 17.6. The van der Waals surface area contributed by atoms with Crippen molar-refractivity contribution in [1.29, 1.82) is 0 Å². The van der Waals surface area contributed by atoms with Crippen LogP contribution in [0.3, 0.4) is 0 Å². The summed E-state index contributed by atoms with van der Waals surface area (Å²) in [5, 5.41) is 4.37. The van der Waals surface area contributed by atoms with Crippen LogP contribution in [0.4, 0.5) is 16.2 Å². The molecule has 1 fully saturated rings. The van der Waals surface area contributed by atoms with Crippen LogP contribution in [0.5, 0.6) is 0 Å². The molecule has 8 nitrogen and oxygen atoms in total. The highest BCUT2D eigenvalue weighted by molar-refractivity contribution is 5.87. The summed E-state index contributed by atoms with van der Waals surface area (Å²) in [5.41, 5.74) is 6.90. The monoisotopic (exact) mass is 431 g/mol. The number of hydrogen-bond acceptors (Lipinski definition) is 7. The number of ether oxygens (including phenoxy) is 1. The Morgan fingerprint density at radius 1 is 1.09 bits per heavy atom. The summed E-state index contributed by atoms with van der Waals surface area (Å²) < 4.78 is 21.1. The van der Waals surface area contributed by atoms with E-state index in [0.29, 0.717) is 54.9 Å². The molecule has 0 atom stereocenters. The van der Waals surface area contributed by atoms with Crippen LogP contribution < -0.4 is 10.3 Å². The molecule has 4 aromatic rings. The summed E-state index contributed by atoms with van der Waals surface area (Å²) in [6.07, 6.45) is 3.35. The standard InChI is InChI=1S/C23H22FN7O/c1-16-4-2-5-17(12-16)14-26-29-21-20-22(28-23(27-21)30-8-10-32-11-9-30)31(15-25-20)19-7-3-6-18(24)13-19/h2-7,12-15H,8-11H2,1H3,(H,27,28,29). The molecule has 0 spiro atoms. The number of halogens is 1. The van der Waals surface area contributed by atoms with Crippen molar-refractivity contribution in [2.45, 2.75) is 6.92 Å². The first-order valence-corrected chi connectivity index (χ1v) is 10.4. The van der Waals surface area contributed by atoms with Gasteiger partial charge in [-0.1, -0.05) is 35.9 Å². The second-order valence-corrected chi connectivity index (χ2v) is 7.52. The molecule has 0 aliphatic carbocycles. The Kier molecular flexibility index (Phi) is 5.47. The van der Waals surface area contributed by atoms with Gasteiger partial charge >= 0.3 is 0 Å². The number of hydrazone groups is 1. The predicted molar refractivity (Wildman–Crippen MR) is 122 cm³/mol. The maximum Gasteiger partial charge on any atom is 0.229 e. The van der Waals surface area contributed by atoms with Gasteiger partial charge in [0.05, 0.1) is 25.1 Å². The average molecular weight is 431 g/mol. The fourth-order valence-electron chi connectivity index (χ4n) is 3.60. The first-order chi connectivity index (χ1) is 15.7. The Morgan fingerprint density at radius 2 is 1.94 bits per heavy atom. The Balaban J connectivity index is 1.55. The van der Waals surface area contributed by atoms with Gasteiger partial charge in [0.15, 0.2) is 17.0 Å². The molecule has 2 aromatic carbocycles. The van der Waals surface area contributed by atoms with Crippen molar-refractivity contribution >= 4 is 29.1 Å². The quantitative estimate of drug-likeness (QED) is 0.385. The van der Waals surface area contributed by atoms with Gasteiger partial charge in [-0.25, -0.2) is 9.37 Å². The Labute approximate surface area is 184 Å². The van der Waals surface area contributed by atoms with E-state index >= 15 is 0 Å². The van der Waals surface area contributed by atoms with Crippen LogP contribution in [0.2, 0.25) is 0 Å². The van der Waals surface area contributed by atoms with Crippen molar-refractivity contribution in [2.24, 2.45) is 5.10 Å². The van der Waals surface area contributed by atoms with Gasteiger partial charge in [-0.05, 0) is 30.7 Å². The van der Waals surface area contributed by atoms with Crippen molar-refractivity contribution in [1.82, 2.24) is 19.5 Å². The molecule has 0 saturated carbocycles. The first kappa shape index (κ1) is 20.1. The third-order valence-corrected chi connectivity index (χ3v) is 5.19. The molecular formula is C23H22FN7O. The molecule has 0 unspecified atom stereocenters. The minimum atomic E-state index is -0.326. The van der Waals surface area contributed by atoms with E-state index in [1.165, 1.54) is 12.1 Å².